The third-order valence-electron chi connectivity index (χ3n) is 6.63. The van der Waals surface area contributed by atoms with Gasteiger partial charge < -0.3 is 0 Å². The summed E-state index contributed by atoms with van der Waals surface area (Å²) in [6.07, 6.45) is 14.0. The Morgan fingerprint density at radius 2 is 0.960 bits per heavy atom. The van der Waals surface area contributed by atoms with Crippen molar-refractivity contribution in [2.24, 2.45) is 0 Å². The fourth-order valence-corrected chi connectivity index (χ4v) is 5.30. The number of aryl methyl sites for hydroxylation is 2. The van der Waals surface area contributed by atoms with E-state index in [1.54, 1.807) is 11.1 Å². The Labute approximate surface area is 153 Å². The second-order valence-electron chi connectivity index (χ2n) is 8.51. The van der Waals surface area contributed by atoms with Crippen LogP contribution < -0.4 is 0 Å². The Morgan fingerprint density at radius 1 is 0.560 bits per heavy atom. The van der Waals surface area contributed by atoms with Gasteiger partial charge in [0.25, 0.3) is 0 Å². The molecule has 0 aromatic heterocycles. The minimum atomic E-state index is 0.271. The third kappa shape index (κ3) is 3.05. The second-order valence-corrected chi connectivity index (χ2v) is 8.51. The molecule has 1 spiro atoms. The van der Waals surface area contributed by atoms with Crippen LogP contribution in [0.1, 0.15) is 86.5 Å². The summed E-state index contributed by atoms with van der Waals surface area (Å²) in [5.41, 5.74) is 9.38. The number of fused-ring (bicyclic) bond motifs is 5. The highest BCUT2D eigenvalue weighted by Crippen LogP contribution is 2.54. The molecule has 2 aliphatic rings. The van der Waals surface area contributed by atoms with Gasteiger partial charge in [0, 0.05) is 5.41 Å². The van der Waals surface area contributed by atoms with Crippen molar-refractivity contribution in [3.63, 3.8) is 0 Å². The molecular weight excluding hydrogens is 300 g/mol. The summed E-state index contributed by atoms with van der Waals surface area (Å²) in [6.45, 7) is 4.51. The molecule has 0 nitrogen and oxygen atoms in total. The third-order valence-corrected chi connectivity index (χ3v) is 6.63. The smallest absolute Gasteiger partial charge is 0.0215 e. The molecule has 0 bridgehead atoms. The molecule has 132 valence electrons. The monoisotopic (exact) mass is 332 g/mol. The average Bonchev–Trinajstić information content (AvgIpc) is 2.83. The van der Waals surface area contributed by atoms with E-state index in [0.717, 1.165) is 0 Å². The van der Waals surface area contributed by atoms with Crippen molar-refractivity contribution >= 4 is 0 Å². The maximum atomic E-state index is 2.50. The van der Waals surface area contributed by atoms with E-state index in [0.29, 0.717) is 0 Å². The number of hydrogen-bond acceptors (Lipinski definition) is 0. The van der Waals surface area contributed by atoms with Gasteiger partial charge in [-0.15, -0.1) is 0 Å². The maximum Gasteiger partial charge on any atom is 0.0215 e. The molecule has 1 saturated carbocycles. The average molecular weight is 333 g/mol. The predicted molar refractivity (Wildman–Crippen MR) is 108 cm³/mol. The lowest BCUT2D eigenvalue weighted by Gasteiger charge is -2.33. The molecule has 0 aliphatic heterocycles. The highest BCUT2D eigenvalue weighted by molar-refractivity contribution is 5.81. The fourth-order valence-electron chi connectivity index (χ4n) is 5.30. The van der Waals surface area contributed by atoms with E-state index >= 15 is 0 Å². The van der Waals surface area contributed by atoms with Gasteiger partial charge in [-0.1, -0.05) is 98.9 Å². The zero-order chi connectivity index (χ0) is 17.3. The van der Waals surface area contributed by atoms with Crippen LogP contribution in [0.2, 0.25) is 0 Å². The van der Waals surface area contributed by atoms with Crippen LogP contribution in [0.15, 0.2) is 36.4 Å². The van der Waals surface area contributed by atoms with Crippen LogP contribution >= 0.6 is 0 Å². The summed E-state index contributed by atoms with van der Waals surface area (Å²) in [7, 11) is 0. The summed E-state index contributed by atoms with van der Waals surface area (Å²) in [4.78, 5) is 0. The molecule has 0 amide bonds. The van der Waals surface area contributed by atoms with Crippen LogP contribution in [0.3, 0.4) is 0 Å². The Bertz CT molecular complexity index is 687. The van der Waals surface area contributed by atoms with E-state index in [4.69, 9.17) is 0 Å². The van der Waals surface area contributed by atoms with Crippen LogP contribution in [0.5, 0.6) is 0 Å². The minimum absolute atomic E-state index is 0.271. The molecule has 0 atom stereocenters. The normalized spacial score (nSPS) is 19.9. The first-order valence-corrected chi connectivity index (χ1v) is 10.4. The van der Waals surface area contributed by atoms with Crippen LogP contribution in [0, 0.1) is 13.8 Å². The molecule has 2 aliphatic carbocycles. The lowest BCUT2D eigenvalue weighted by atomic mass is 9.70. The Balaban J connectivity index is 1.84. The summed E-state index contributed by atoms with van der Waals surface area (Å²) in [5.74, 6) is 0. The van der Waals surface area contributed by atoms with E-state index in [1.807, 2.05) is 0 Å². The standard InChI is InChI=1S/C25H32/c1-19-11-13-21-22-14-12-20(2)18-24(22)25(23(21)17-19)15-9-7-5-3-4-6-8-10-16-25/h11-14,17-18H,3-10,15-16H2,1-2H3. The molecule has 25 heavy (non-hydrogen) atoms. The molecule has 2 aromatic carbocycles. The van der Waals surface area contributed by atoms with Gasteiger partial charge >= 0.3 is 0 Å². The van der Waals surface area contributed by atoms with E-state index in [9.17, 15) is 0 Å². The van der Waals surface area contributed by atoms with Crippen LogP contribution in [0.4, 0.5) is 0 Å². The topological polar surface area (TPSA) is 0 Å². The molecular formula is C25H32. The van der Waals surface area contributed by atoms with Gasteiger partial charge in [0.05, 0.1) is 0 Å². The molecule has 0 radical (unpaired) electrons. The van der Waals surface area contributed by atoms with Gasteiger partial charge in [-0.3, -0.25) is 0 Å². The van der Waals surface area contributed by atoms with Crippen molar-refractivity contribution in [3.8, 4) is 11.1 Å². The van der Waals surface area contributed by atoms with Gasteiger partial charge in [-0.05, 0) is 48.9 Å². The first kappa shape index (κ1) is 16.9. The minimum Gasteiger partial charge on any atom is -0.0587 e. The molecule has 0 N–H and O–H groups in total. The zero-order valence-corrected chi connectivity index (χ0v) is 16.0. The van der Waals surface area contributed by atoms with Gasteiger partial charge in [-0.25, -0.2) is 0 Å². The zero-order valence-electron chi connectivity index (χ0n) is 16.0. The Morgan fingerprint density at radius 3 is 1.40 bits per heavy atom. The van der Waals surface area contributed by atoms with Crippen molar-refractivity contribution in [1.82, 2.24) is 0 Å². The first-order valence-electron chi connectivity index (χ1n) is 10.4. The summed E-state index contributed by atoms with van der Waals surface area (Å²) in [5, 5.41) is 0. The molecule has 0 heterocycles. The Hall–Kier alpha value is -1.56. The van der Waals surface area contributed by atoms with E-state index in [2.05, 4.69) is 50.2 Å². The number of hydrogen-bond donors (Lipinski definition) is 0. The summed E-state index contributed by atoms with van der Waals surface area (Å²) >= 11 is 0. The first-order chi connectivity index (χ1) is 12.2. The van der Waals surface area contributed by atoms with Crippen molar-refractivity contribution in [2.75, 3.05) is 0 Å². The highest BCUT2D eigenvalue weighted by Gasteiger charge is 2.42. The van der Waals surface area contributed by atoms with Crippen molar-refractivity contribution in [1.29, 1.82) is 0 Å². The van der Waals surface area contributed by atoms with Crippen molar-refractivity contribution < 1.29 is 0 Å². The Kier molecular flexibility index (Phi) is 4.71. The predicted octanol–water partition coefficient (Wildman–Crippen LogP) is 7.48. The molecule has 0 unspecified atom stereocenters. The van der Waals surface area contributed by atoms with Crippen molar-refractivity contribution in [2.45, 2.75) is 83.5 Å². The van der Waals surface area contributed by atoms with Gasteiger partial charge in [0.1, 0.15) is 0 Å². The van der Waals surface area contributed by atoms with Crippen LogP contribution in [-0.4, -0.2) is 0 Å². The summed E-state index contributed by atoms with van der Waals surface area (Å²) in [6, 6.07) is 14.4. The molecule has 4 rings (SSSR count). The maximum absolute atomic E-state index is 2.50. The van der Waals surface area contributed by atoms with Gasteiger partial charge in [0.15, 0.2) is 0 Å². The van der Waals surface area contributed by atoms with Crippen molar-refractivity contribution in [3.05, 3.63) is 58.7 Å². The molecule has 0 saturated heterocycles. The van der Waals surface area contributed by atoms with E-state index < -0.39 is 0 Å². The molecule has 0 heteroatoms. The number of rotatable bonds is 0. The largest absolute Gasteiger partial charge is 0.0587 e. The van der Waals surface area contributed by atoms with E-state index in [1.165, 1.54) is 86.5 Å². The lowest BCUT2D eigenvalue weighted by Crippen LogP contribution is -2.25. The summed E-state index contributed by atoms with van der Waals surface area (Å²) < 4.78 is 0. The van der Waals surface area contributed by atoms with Crippen LogP contribution in [-0.2, 0) is 5.41 Å². The highest BCUT2D eigenvalue weighted by atomic mass is 14.4. The van der Waals surface area contributed by atoms with Crippen LogP contribution in [0.25, 0.3) is 11.1 Å². The lowest BCUT2D eigenvalue weighted by molar-refractivity contribution is 0.408. The van der Waals surface area contributed by atoms with Gasteiger partial charge in [0.2, 0.25) is 0 Å². The molecule has 2 aromatic rings. The van der Waals surface area contributed by atoms with E-state index in [-0.39, 0.29) is 5.41 Å². The quantitative estimate of drug-likeness (QED) is 0.469. The number of benzene rings is 2. The fraction of sp³-hybridized carbons (Fsp3) is 0.520. The van der Waals surface area contributed by atoms with Gasteiger partial charge in [-0.2, -0.15) is 0 Å². The SMILES string of the molecule is Cc1ccc2c(c1)C1(CCCCCCCCCC1)c1cc(C)ccc1-2. The molecule has 1 fully saturated rings. The second kappa shape index (κ2) is 6.98.